The molecule has 0 aromatic carbocycles. The van der Waals surface area contributed by atoms with E-state index >= 15 is 0 Å². The molecule has 0 aromatic rings. The lowest BCUT2D eigenvalue weighted by Crippen LogP contribution is -2.06. The first-order valence-electron chi connectivity index (χ1n) is 3.75. The van der Waals surface area contributed by atoms with Crippen molar-refractivity contribution in [3.05, 3.63) is 22.1 Å². The lowest BCUT2D eigenvalue weighted by atomic mass is 10.0. The molecule has 12 heavy (non-hydrogen) atoms. The third-order valence-corrected chi connectivity index (χ3v) is 3.11. The first-order chi connectivity index (χ1) is 5.41. The van der Waals surface area contributed by atoms with Crippen LogP contribution in [0, 0.1) is 0 Å². The van der Waals surface area contributed by atoms with E-state index in [1.54, 1.807) is 0 Å². The maximum Gasteiger partial charge on any atom is 0.290 e. The highest BCUT2D eigenvalue weighted by molar-refractivity contribution is 7.89. The number of hydrogen-bond donors (Lipinski definition) is 1. The summed E-state index contributed by atoms with van der Waals surface area (Å²) in [4.78, 5) is 0.130. The molecule has 4 heteroatoms. The maximum absolute atomic E-state index is 10.7. The van der Waals surface area contributed by atoms with Gasteiger partial charge in [-0.15, -0.1) is 0 Å². The van der Waals surface area contributed by atoms with Gasteiger partial charge in [-0.25, -0.2) is 0 Å². The molecule has 0 amide bonds. The second-order valence-electron chi connectivity index (χ2n) is 3.05. The van der Waals surface area contributed by atoms with Crippen LogP contribution in [-0.2, 0) is 10.1 Å². The molecule has 0 saturated carbocycles. The van der Waals surface area contributed by atoms with Crippen molar-refractivity contribution in [2.75, 3.05) is 0 Å². The van der Waals surface area contributed by atoms with Crippen LogP contribution in [0.3, 0.4) is 0 Å². The van der Waals surface area contributed by atoms with Gasteiger partial charge in [-0.3, -0.25) is 4.55 Å². The van der Waals surface area contributed by atoms with Crippen molar-refractivity contribution in [1.82, 2.24) is 0 Å². The summed E-state index contributed by atoms with van der Waals surface area (Å²) in [5.41, 5.74) is 2.12. The van der Waals surface area contributed by atoms with Crippen molar-refractivity contribution >= 4 is 10.1 Å². The Morgan fingerprint density at radius 3 is 2.33 bits per heavy atom. The standard InChI is InChI=1S/C8H12O3S/c1-6-3-4-8(5-7(6)2)12(9,10)11/h5H,3-4H2,1-2H3,(H,9,10,11). The largest absolute Gasteiger partial charge is 0.290 e. The van der Waals surface area contributed by atoms with Gasteiger partial charge in [-0.1, -0.05) is 11.1 Å². The van der Waals surface area contributed by atoms with E-state index in [4.69, 9.17) is 4.55 Å². The van der Waals surface area contributed by atoms with Crippen molar-refractivity contribution in [3.8, 4) is 0 Å². The van der Waals surface area contributed by atoms with Gasteiger partial charge in [-0.05, 0) is 32.8 Å². The summed E-state index contributed by atoms with van der Waals surface area (Å²) >= 11 is 0. The lowest BCUT2D eigenvalue weighted by Gasteiger charge is -2.12. The van der Waals surface area contributed by atoms with E-state index in [-0.39, 0.29) is 4.91 Å². The quantitative estimate of drug-likeness (QED) is 0.639. The van der Waals surface area contributed by atoms with E-state index in [2.05, 4.69) is 0 Å². The maximum atomic E-state index is 10.7. The predicted molar refractivity (Wildman–Crippen MR) is 47.2 cm³/mol. The van der Waals surface area contributed by atoms with Crippen LogP contribution >= 0.6 is 0 Å². The molecule has 1 aliphatic rings. The zero-order chi connectivity index (χ0) is 9.35. The average Bonchev–Trinajstić information content (AvgIpc) is 1.92. The molecule has 0 fully saturated rings. The molecule has 1 rings (SSSR count). The van der Waals surface area contributed by atoms with Gasteiger partial charge >= 0.3 is 0 Å². The smallest absolute Gasteiger partial charge is 0.282 e. The Kier molecular flexibility index (Phi) is 2.39. The summed E-state index contributed by atoms with van der Waals surface area (Å²) in [5, 5.41) is 0. The summed E-state index contributed by atoms with van der Waals surface area (Å²) < 4.78 is 30.1. The lowest BCUT2D eigenvalue weighted by molar-refractivity contribution is 0.488. The van der Waals surface area contributed by atoms with Crippen LogP contribution in [0.5, 0.6) is 0 Å². The van der Waals surface area contributed by atoms with Gasteiger partial charge in [0.05, 0.1) is 4.91 Å². The van der Waals surface area contributed by atoms with Crippen molar-refractivity contribution in [3.63, 3.8) is 0 Å². The first kappa shape index (κ1) is 9.48. The van der Waals surface area contributed by atoms with Gasteiger partial charge in [0.25, 0.3) is 10.1 Å². The normalized spacial score (nSPS) is 19.4. The highest BCUT2D eigenvalue weighted by Gasteiger charge is 2.17. The van der Waals surface area contributed by atoms with Gasteiger partial charge in [0, 0.05) is 0 Å². The minimum absolute atomic E-state index is 0.130. The number of hydrogen-bond acceptors (Lipinski definition) is 2. The van der Waals surface area contributed by atoms with Gasteiger partial charge in [-0.2, -0.15) is 8.42 Å². The molecule has 0 bridgehead atoms. The van der Waals surface area contributed by atoms with Crippen LogP contribution in [0.2, 0.25) is 0 Å². The van der Waals surface area contributed by atoms with E-state index in [9.17, 15) is 8.42 Å². The summed E-state index contributed by atoms with van der Waals surface area (Å²) in [7, 11) is -3.96. The summed E-state index contributed by atoms with van der Waals surface area (Å²) in [6.07, 6.45) is 2.67. The Labute approximate surface area is 72.5 Å². The summed E-state index contributed by atoms with van der Waals surface area (Å²) in [6.45, 7) is 3.81. The van der Waals surface area contributed by atoms with Crippen molar-refractivity contribution < 1.29 is 13.0 Å². The summed E-state index contributed by atoms with van der Waals surface area (Å²) in [5.74, 6) is 0. The molecular formula is C8H12O3S. The van der Waals surface area contributed by atoms with Crippen LogP contribution in [0.25, 0.3) is 0 Å². The van der Waals surface area contributed by atoms with Crippen LogP contribution in [0.4, 0.5) is 0 Å². The molecule has 0 aliphatic heterocycles. The minimum atomic E-state index is -3.96. The fourth-order valence-corrected chi connectivity index (χ4v) is 1.83. The van der Waals surface area contributed by atoms with Crippen LogP contribution < -0.4 is 0 Å². The Morgan fingerprint density at radius 1 is 1.33 bits per heavy atom. The van der Waals surface area contributed by atoms with E-state index in [1.165, 1.54) is 11.6 Å². The molecule has 1 aliphatic carbocycles. The first-order valence-corrected chi connectivity index (χ1v) is 5.19. The average molecular weight is 188 g/mol. The van der Waals surface area contributed by atoms with Crippen LogP contribution in [-0.4, -0.2) is 13.0 Å². The zero-order valence-corrected chi connectivity index (χ0v) is 7.98. The Hall–Kier alpha value is -0.610. The molecule has 0 atom stereocenters. The molecule has 0 unspecified atom stereocenters. The highest BCUT2D eigenvalue weighted by Crippen LogP contribution is 2.25. The molecule has 1 N–H and O–H groups in total. The summed E-state index contributed by atoms with van der Waals surface area (Å²) in [6, 6.07) is 0. The van der Waals surface area contributed by atoms with Crippen LogP contribution in [0.15, 0.2) is 22.1 Å². The van der Waals surface area contributed by atoms with Crippen molar-refractivity contribution in [2.24, 2.45) is 0 Å². The second kappa shape index (κ2) is 3.03. The molecule has 0 radical (unpaired) electrons. The molecule has 0 saturated heterocycles. The second-order valence-corrected chi connectivity index (χ2v) is 4.52. The monoisotopic (exact) mass is 188 g/mol. The molecule has 0 aromatic heterocycles. The highest BCUT2D eigenvalue weighted by atomic mass is 32.2. The van der Waals surface area contributed by atoms with E-state index < -0.39 is 10.1 Å². The topological polar surface area (TPSA) is 54.4 Å². The van der Waals surface area contributed by atoms with E-state index in [1.807, 2.05) is 13.8 Å². The third-order valence-electron chi connectivity index (χ3n) is 2.13. The molecule has 0 heterocycles. The molecule has 68 valence electrons. The van der Waals surface area contributed by atoms with Gasteiger partial charge < -0.3 is 0 Å². The van der Waals surface area contributed by atoms with Crippen molar-refractivity contribution in [2.45, 2.75) is 26.7 Å². The Morgan fingerprint density at radius 2 is 1.92 bits per heavy atom. The van der Waals surface area contributed by atoms with Gasteiger partial charge in [0.1, 0.15) is 0 Å². The fourth-order valence-electron chi connectivity index (χ4n) is 1.15. The fraction of sp³-hybridized carbons (Fsp3) is 0.500. The number of allylic oxidation sites excluding steroid dienone is 4. The van der Waals surface area contributed by atoms with Gasteiger partial charge in [0.2, 0.25) is 0 Å². The Balaban J connectivity index is 3.08. The molecule has 3 nitrogen and oxygen atoms in total. The molecular weight excluding hydrogens is 176 g/mol. The van der Waals surface area contributed by atoms with Crippen LogP contribution in [0.1, 0.15) is 26.7 Å². The molecule has 0 spiro atoms. The van der Waals surface area contributed by atoms with E-state index in [0.717, 1.165) is 12.0 Å². The predicted octanol–water partition coefficient (Wildman–Crippen LogP) is 1.89. The third kappa shape index (κ3) is 1.95. The van der Waals surface area contributed by atoms with E-state index in [0.29, 0.717) is 6.42 Å². The Bertz CT molecular complexity index is 346. The number of rotatable bonds is 1. The van der Waals surface area contributed by atoms with Gasteiger partial charge in [0.15, 0.2) is 0 Å². The zero-order valence-electron chi connectivity index (χ0n) is 7.16. The van der Waals surface area contributed by atoms with Crippen molar-refractivity contribution in [1.29, 1.82) is 0 Å². The minimum Gasteiger partial charge on any atom is -0.282 e. The SMILES string of the molecule is CC1=C(C)CCC(S(=O)(=O)O)=C1.